The van der Waals surface area contributed by atoms with Gasteiger partial charge in [-0.3, -0.25) is 0 Å². The van der Waals surface area contributed by atoms with Crippen LogP contribution in [0.2, 0.25) is 5.82 Å². The third-order valence-corrected chi connectivity index (χ3v) is 2.80. The van der Waals surface area contributed by atoms with E-state index in [-0.39, 0.29) is 11.9 Å². The van der Waals surface area contributed by atoms with Crippen molar-refractivity contribution in [1.29, 1.82) is 0 Å². The minimum absolute atomic E-state index is 0.153. The van der Waals surface area contributed by atoms with Gasteiger partial charge >= 0.3 is 0 Å². The molecule has 0 amide bonds. The summed E-state index contributed by atoms with van der Waals surface area (Å²) in [6, 6.07) is 0. The highest BCUT2D eigenvalue weighted by molar-refractivity contribution is 6.12. The van der Waals surface area contributed by atoms with Crippen LogP contribution >= 0.6 is 0 Å². The molecule has 10 heavy (non-hydrogen) atoms. The van der Waals surface area contributed by atoms with Crippen LogP contribution < -0.4 is 0 Å². The van der Waals surface area contributed by atoms with Gasteiger partial charge in [0, 0.05) is 0 Å². The topological polar surface area (TPSA) is 20.2 Å². The van der Waals surface area contributed by atoms with E-state index in [1.807, 2.05) is 6.92 Å². The Morgan fingerprint density at radius 1 is 1.60 bits per heavy atom. The summed E-state index contributed by atoms with van der Waals surface area (Å²) in [5, 5.41) is 9.55. The van der Waals surface area contributed by atoms with Gasteiger partial charge in [0.15, 0.2) is 0 Å². The first-order valence-electron chi connectivity index (χ1n) is 4.10. The number of hydrogen-bond donors (Lipinski definition) is 1. The molecule has 2 heteroatoms. The van der Waals surface area contributed by atoms with Crippen molar-refractivity contribution in [1.82, 2.24) is 0 Å². The molecule has 56 valence electrons. The Balaban J connectivity index is 2.53. The summed E-state index contributed by atoms with van der Waals surface area (Å²) in [7, 11) is 5.77. The number of aliphatic hydroxyl groups is 1. The molecule has 0 saturated heterocycles. The van der Waals surface area contributed by atoms with E-state index < -0.39 is 0 Å². The second-order valence-electron chi connectivity index (χ2n) is 3.42. The van der Waals surface area contributed by atoms with Crippen molar-refractivity contribution in [3.63, 3.8) is 0 Å². The third-order valence-electron chi connectivity index (χ3n) is 2.80. The second kappa shape index (κ2) is 2.95. The molecule has 1 fully saturated rings. The monoisotopic (exact) mass is 138 g/mol. The van der Waals surface area contributed by atoms with E-state index in [1.54, 1.807) is 0 Å². The van der Waals surface area contributed by atoms with Gasteiger partial charge < -0.3 is 5.11 Å². The van der Waals surface area contributed by atoms with Crippen LogP contribution in [-0.2, 0) is 0 Å². The minimum Gasteiger partial charge on any atom is -0.393 e. The zero-order valence-corrected chi connectivity index (χ0v) is 6.75. The van der Waals surface area contributed by atoms with Crippen LogP contribution in [0.25, 0.3) is 0 Å². The van der Waals surface area contributed by atoms with Gasteiger partial charge in [-0.15, -0.1) is 0 Å². The summed E-state index contributed by atoms with van der Waals surface area (Å²) in [4.78, 5) is 0. The van der Waals surface area contributed by atoms with E-state index in [0.29, 0.717) is 11.8 Å². The molecule has 0 aliphatic heterocycles. The summed E-state index contributed by atoms with van der Waals surface area (Å²) >= 11 is 0. The average Bonchev–Trinajstić information content (AvgIpc) is 2.17. The van der Waals surface area contributed by atoms with Crippen molar-refractivity contribution in [2.24, 2.45) is 11.8 Å². The van der Waals surface area contributed by atoms with Crippen molar-refractivity contribution >= 4 is 7.85 Å². The lowest BCUT2D eigenvalue weighted by atomic mass is 9.79. The lowest BCUT2D eigenvalue weighted by molar-refractivity contribution is 0.0963. The first-order chi connectivity index (χ1) is 4.66. The summed E-state index contributed by atoms with van der Waals surface area (Å²) < 4.78 is 0. The predicted molar refractivity (Wildman–Crippen MR) is 43.1 cm³/mol. The Bertz CT molecular complexity index is 116. The van der Waals surface area contributed by atoms with Crippen LogP contribution in [0.5, 0.6) is 0 Å². The van der Waals surface area contributed by atoms with Gasteiger partial charge in [0.25, 0.3) is 0 Å². The van der Waals surface area contributed by atoms with E-state index in [4.69, 9.17) is 7.85 Å². The fraction of sp³-hybridized carbons (Fsp3) is 1.00. The molecule has 0 aromatic rings. The number of rotatable bonds is 1. The van der Waals surface area contributed by atoms with Crippen LogP contribution in [0.1, 0.15) is 26.7 Å². The highest BCUT2D eigenvalue weighted by Gasteiger charge is 2.35. The first kappa shape index (κ1) is 8.12. The van der Waals surface area contributed by atoms with Crippen LogP contribution in [0.3, 0.4) is 0 Å². The molecule has 4 atom stereocenters. The van der Waals surface area contributed by atoms with Crippen molar-refractivity contribution < 1.29 is 5.11 Å². The SMILES string of the molecule is [B][C@@H]1C[C@H](CC)C(O)[C@@H]1C. The van der Waals surface area contributed by atoms with Crippen molar-refractivity contribution in [3.05, 3.63) is 0 Å². The largest absolute Gasteiger partial charge is 0.393 e. The highest BCUT2D eigenvalue weighted by Crippen LogP contribution is 2.39. The minimum atomic E-state index is -0.153. The molecule has 1 aliphatic rings. The van der Waals surface area contributed by atoms with Gasteiger partial charge in [0.2, 0.25) is 0 Å². The average molecular weight is 138 g/mol. The molecule has 0 heterocycles. The normalized spacial score (nSPS) is 47.9. The van der Waals surface area contributed by atoms with E-state index in [0.717, 1.165) is 12.8 Å². The molecule has 2 radical (unpaired) electrons. The molecular weight excluding hydrogens is 123 g/mol. The van der Waals surface area contributed by atoms with E-state index in [1.165, 1.54) is 0 Å². The molecule has 0 aromatic carbocycles. The summed E-state index contributed by atoms with van der Waals surface area (Å²) in [6.45, 7) is 4.14. The fourth-order valence-corrected chi connectivity index (χ4v) is 1.79. The molecule has 1 nitrogen and oxygen atoms in total. The van der Waals surface area contributed by atoms with Gasteiger partial charge in [-0.1, -0.05) is 32.5 Å². The standard InChI is InChI=1S/C8H15BO/c1-3-6-4-7(9)5(2)8(6)10/h5-8,10H,3-4H2,1-2H3/t5-,6+,7-,8?/m1/s1. The highest BCUT2D eigenvalue weighted by atomic mass is 16.3. The number of hydrogen-bond acceptors (Lipinski definition) is 1. The van der Waals surface area contributed by atoms with E-state index >= 15 is 0 Å². The van der Waals surface area contributed by atoms with Crippen molar-refractivity contribution in [2.45, 2.75) is 38.6 Å². The smallest absolute Gasteiger partial charge is 0.0704 e. The fourth-order valence-electron chi connectivity index (χ4n) is 1.79. The van der Waals surface area contributed by atoms with Crippen LogP contribution in [0.4, 0.5) is 0 Å². The molecule has 1 saturated carbocycles. The Labute approximate surface area is 64.2 Å². The Morgan fingerprint density at radius 3 is 2.40 bits per heavy atom. The molecule has 1 aliphatic carbocycles. The summed E-state index contributed by atoms with van der Waals surface area (Å²) in [5.74, 6) is 0.967. The quantitative estimate of drug-likeness (QED) is 0.542. The van der Waals surface area contributed by atoms with Crippen LogP contribution in [0.15, 0.2) is 0 Å². The lowest BCUT2D eigenvalue weighted by Crippen LogP contribution is -2.18. The zero-order valence-electron chi connectivity index (χ0n) is 6.75. The number of aliphatic hydroxyl groups excluding tert-OH is 1. The van der Waals surface area contributed by atoms with Crippen LogP contribution in [-0.4, -0.2) is 19.1 Å². The molecule has 1 unspecified atom stereocenters. The lowest BCUT2D eigenvalue weighted by Gasteiger charge is -2.15. The molecule has 0 bridgehead atoms. The van der Waals surface area contributed by atoms with E-state index in [2.05, 4.69) is 6.92 Å². The maximum Gasteiger partial charge on any atom is 0.0704 e. The predicted octanol–water partition coefficient (Wildman–Crippen LogP) is 1.37. The van der Waals surface area contributed by atoms with Gasteiger partial charge in [-0.05, 0) is 11.8 Å². The van der Waals surface area contributed by atoms with Gasteiger partial charge in [0.1, 0.15) is 0 Å². The maximum absolute atomic E-state index is 9.55. The van der Waals surface area contributed by atoms with Crippen molar-refractivity contribution in [2.75, 3.05) is 0 Å². The van der Waals surface area contributed by atoms with Crippen molar-refractivity contribution in [3.8, 4) is 0 Å². The van der Waals surface area contributed by atoms with Gasteiger partial charge in [-0.2, -0.15) is 0 Å². The van der Waals surface area contributed by atoms with Gasteiger partial charge in [0.05, 0.1) is 14.0 Å². The Kier molecular flexibility index (Phi) is 2.40. The Hall–Kier alpha value is 0.0249. The molecule has 0 aromatic heterocycles. The van der Waals surface area contributed by atoms with E-state index in [9.17, 15) is 5.11 Å². The maximum atomic E-state index is 9.55. The molecule has 1 N–H and O–H groups in total. The molecule has 0 spiro atoms. The summed E-state index contributed by atoms with van der Waals surface area (Å²) in [5.41, 5.74) is 0. The third kappa shape index (κ3) is 1.22. The zero-order chi connectivity index (χ0) is 7.72. The second-order valence-corrected chi connectivity index (χ2v) is 3.42. The molecule has 1 rings (SSSR count). The van der Waals surface area contributed by atoms with Crippen LogP contribution in [0, 0.1) is 11.8 Å². The molecular formula is C8H15BO. The van der Waals surface area contributed by atoms with Gasteiger partial charge in [-0.25, -0.2) is 0 Å². The Morgan fingerprint density at radius 2 is 2.20 bits per heavy atom. The summed E-state index contributed by atoms with van der Waals surface area (Å²) in [6.07, 6.45) is 1.90. The first-order valence-corrected chi connectivity index (χ1v) is 4.10.